The normalized spacial score (nSPS) is 23.9. The molecule has 0 radical (unpaired) electrons. The molecular weight excluding hydrogens is 294 g/mol. The van der Waals surface area contributed by atoms with Crippen molar-refractivity contribution in [1.29, 1.82) is 0 Å². The third-order valence-corrected chi connectivity index (χ3v) is 4.04. The molecule has 1 aromatic carbocycles. The number of rotatable bonds is 3. The number of halogens is 5. The molecule has 1 N–H and O–H groups in total. The molecule has 0 aromatic heterocycles. The van der Waals surface area contributed by atoms with E-state index in [2.05, 4.69) is 5.32 Å². The monoisotopic (exact) mass is 309 g/mol. The molecule has 0 heterocycles. The molecule has 1 saturated carbocycles. The van der Waals surface area contributed by atoms with Crippen LogP contribution < -0.4 is 5.32 Å². The van der Waals surface area contributed by atoms with Gasteiger partial charge in [0, 0.05) is 18.2 Å². The predicted octanol–water partition coefficient (Wildman–Crippen LogP) is 4.69. The van der Waals surface area contributed by atoms with Gasteiger partial charge < -0.3 is 5.32 Å². The molecule has 112 valence electrons. The van der Waals surface area contributed by atoms with E-state index in [0.717, 1.165) is 0 Å². The van der Waals surface area contributed by atoms with Crippen molar-refractivity contribution in [2.75, 3.05) is 0 Å². The second kappa shape index (κ2) is 6.31. The first kappa shape index (κ1) is 15.6. The van der Waals surface area contributed by atoms with Crippen LogP contribution in [0.3, 0.4) is 0 Å². The highest BCUT2D eigenvalue weighted by Crippen LogP contribution is 2.37. The Balaban J connectivity index is 1.92. The zero-order chi connectivity index (χ0) is 14.8. The van der Waals surface area contributed by atoms with Crippen LogP contribution >= 0.6 is 11.6 Å². The molecule has 0 bridgehead atoms. The maximum absolute atomic E-state index is 13.7. The topological polar surface area (TPSA) is 12.0 Å². The molecule has 0 aliphatic heterocycles. The average molecular weight is 310 g/mol. The van der Waals surface area contributed by atoms with Gasteiger partial charge in [-0.1, -0.05) is 30.2 Å². The fraction of sp³-hybridized carbons (Fsp3) is 0.571. The van der Waals surface area contributed by atoms with Gasteiger partial charge in [-0.25, -0.2) is 4.39 Å². The number of hydrogen-bond donors (Lipinski definition) is 1. The predicted molar refractivity (Wildman–Crippen MR) is 70.1 cm³/mol. The molecule has 1 nitrogen and oxygen atoms in total. The average Bonchev–Trinajstić information content (AvgIpc) is 2.40. The van der Waals surface area contributed by atoms with Crippen molar-refractivity contribution in [3.8, 4) is 0 Å². The van der Waals surface area contributed by atoms with Crippen molar-refractivity contribution in [2.24, 2.45) is 5.92 Å². The lowest BCUT2D eigenvalue weighted by atomic mass is 9.85. The van der Waals surface area contributed by atoms with E-state index in [1.807, 2.05) is 0 Å². The Labute approximate surface area is 120 Å². The molecule has 6 heteroatoms. The van der Waals surface area contributed by atoms with E-state index in [0.29, 0.717) is 18.4 Å². The Morgan fingerprint density at radius 1 is 1.25 bits per heavy atom. The summed E-state index contributed by atoms with van der Waals surface area (Å²) in [6.07, 6.45) is -2.66. The second-order valence-electron chi connectivity index (χ2n) is 5.20. The van der Waals surface area contributed by atoms with Crippen LogP contribution in [0.25, 0.3) is 0 Å². The van der Waals surface area contributed by atoms with Crippen LogP contribution in [0.1, 0.15) is 31.2 Å². The van der Waals surface area contributed by atoms with Gasteiger partial charge >= 0.3 is 6.18 Å². The quantitative estimate of drug-likeness (QED) is 0.799. The van der Waals surface area contributed by atoms with Crippen LogP contribution in [0.4, 0.5) is 17.6 Å². The fourth-order valence-corrected chi connectivity index (χ4v) is 2.81. The fourth-order valence-electron chi connectivity index (χ4n) is 2.61. The largest absolute Gasteiger partial charge is 0.391 e. The van der Waals surface area contributed by atoms with Crippen LogP contribution in [0.5, 0.6) is 0 Å². The van der Waals surface area contributed by atoms with Gasteiger partial charge in [0.1, 0.15) is 5.82 Å². The molecule has 0 saturated heterocycles. The van der Waals surface area contributed by atoms with Crippen molar-refractivity contribution >= 4 is 11.6 Å². The van der Waals surface area contributed by atoms with E-state index in [1.54, 1.807) is 12.1 Å². The summed E-state index contributed by atoms with van der Waals surface area (Å²) in [5.41, 5.74) is 0.381. The molecule has 1 aliphatic rings. The SMILES string of the molecule is Fc1c(Cl)cccc1CNC1CCCC(C(F)(F)F)C1. The van der Waals surface area contributed by atoms with Crippen molar-refractivity contribution in [3.05, 3.63) is 34.6 Å². The lowest BCUT2D eigenvalue weighted by molar-refractivity contribution is -0.183. The second-order valence-corrected chi connectivity index (χ2v) is 5.60. The van der Waals surface area contributed by atoms with Crippen molar-refractivity contribution in [1.82, 2.24) is 5.32 Å². The van der Waals surface area contributed by atoms with E-state index >= 15 is 0 Å². The first-order valence-electron chi connectivity index (χ1n) is 6.61. The first-order chi connectivity index (χ1) is 9.38. The molecule has 0 amide bonds. The first-order valence-corrected chi connectivity index (χ1v) is 6.98. The number of nitrogens with one attached hydrogen (secondary N) is 1. The molecule has 2 unspecified atom stereocenters. The van der Waals surface area contributed by atoms with Gasteiger partial charge in [0.25, 0.3) is 0 Å². The maximum atomic E-state index is 13.7. The lowest BCUT2D eigenvalue weighted by Crippen LogP contribution is -2.38. The van der Waals surface area contributed by atoms with Crippen LogP contribution in [0.15, 0.2) is 18.2 Å². The number of benzene rings is 1. The van der Waals surface area contributed by atoms with Gasteiger partial charge in [0.15, 0.2) is 0 Å². The van der Waals surface area contributed by atoms with E-state index < -0.39 is 17.9 Å². The van der Waals surface area contributed by atoms with Gasteiger partial charge in [-0.3, -0.25) is 0 Å². The number of alkyl halides is 3. The molecule has 1 aromatic rings. The summed E-state index contributed by atoms with van der Waals surface area (Å²) in [5, 5.41) is 3.04. The summed E-state index contributed by atoms with van der Waals surface area (Å²) in [4.78, 5) is 0. The smallest absolute Gasteiger partial charge is 0.310 e. The Morgan fingerprint density at radius 2 is 2.00 bits per heavy atom. The zero-order valence-corrected chi connectivity index (χ0v) is 11.6. The molecule has 1 fully saturated rings. The highest BCUT2D eigenvalue weighted by molar-refractivity contribution is 6.30. The van der Waals surface area contributed by atoms with Gasteiger partial charge in [-0.05, 0) is 25.3 Å². The summed E-state index contributed by atoms with van der Waals surface area (Å²) >= 11 is 5.67. The minimum absolute atomic E-state index is 0.0288. The summed E-state index contributed by atoms with van der Waals surface area (Å²) < 4.78 is 51.7. The summed E-state index contributed by atoms with van der Waals surface area (Å²) in [7, 11) is 0. The van der Waals surface area contributed by atoms with E-state index in [9.17, 15) is 17.6 Å². The maximum Gasteiger partial charge on any atom is 0.391 e. The third-order valence-electron chi connectivity index (χ3n) is 3.75. The molecule has 2 rings (SSSR count). The highest BCUT2D eigenvalue weighted by Gasteiger charge is 2.41. The Hall–Kier alpha value is -0.810. The van der Waals surface area contributed by atoms with Crippen molar-refractivity contribution < 1.29 is 17.6 Å². The van der Waals surface area contributed by atoms with Crippen LogP contribution in [-0.4, -0.2) is 12.2 Å². The van der Waals surface area contributed by atoms with E-state index in [1.165, 1.54) is 6.07 Å². The number of hydrogen-bond acceptors (Lipinski definition) is 1. The molecule has 2 atom stereocenters. The lowest BCUT2D eigenvalue weighted by Gasteiger charge is -2.31. The van der Waals surface area contributed by atoms with Crippen LogP contribution in [-0.2, 0) is 6.54 Å². The van der Waals surface area contributed by atoms with Crippen molar-refractivity contribution in [3.63, 3.8) is 0 Å². The van der Waals surface area contributed by atoms with Crippen molar-refractivity contribution in [2.45, 2.75) is 44.4 Å². The van der Waals surface area contributed by atoms with Gasteiger partial charge in [0.05, 0.1) is 10.9 Å². The molecule has 0 spiro atoms. The van der Waals surface area contributed by atoms with E-state index in [4.69, 9.17) is 11.6 Å². The standard InChI is InChI=1S/C14H16ClF4N/c15-12-6-1-3-9(13(12)16)8-20-11-5-2-4-10(7-11)14(17,18)19/h1,3,6,10-11,20H,2,4-5,7-8H2. The van der Waals surface area contributed by atoms with Gasteiger partial charge in [-0.2, -0.15) is 13.2 Å². The van der Waals surface area contributed by atoms with Gasteiger partial charge in [0.2, 0.25) is 0 Å². The molecular formula is C14H16ClF4N. The Kier molecular flexibility index (Phi) is 4.91. The van der Waals surface area contributed by atoms with Crippen LogP contribution in [0, 0.1) is 11.7 Å². The van der Waals surface area contributed by atoms with E-state index in [-0.39, 0.29) is 30.5 Å². The Bertz CT molecular complexity index is 461. The van der Waals surface area contributed by atoms with Crippen LogP contribution in [0.2, 0.25) is 5.02 Å². The molecule has 20 heavy (non-hydrogen) atoms. The van der Waals surface area contributed by atoms with Gasteiger partial charge in [-0.15, -0.1) is 0 Å². The third kappa shape index (κ3) is 3.85. The summed E-state index contributed by atoms with van der Waals surface area (Å²) in [5.74, 6) is -1.76. The zero-order valence-electron chi connectivity index (χ0n) is 10.8. The molecule has 1 aliphatic carbocycles. The highest BCUT2D eigenvalue weighted by atomic mass is 35.5. The minimum Gasteiger partial charge on any atom is -0.310 e. The minimum atomic E-state index is -4.14. The Morgan fingerprint density at radius 3 is 2.70 bits per heavy atom. The summed E-state index contributed by atoms with van der Waals surface area (Å²) in [6, 6.07) is 4.43. The summed E-state index contributed by atoms with van der Waals surface area (Å²) in [6.45, 7) is 0.196.